The number of nitrogens with zero attached hydrogens (tertiary/aromatic N) is 2. The van der Waals surface area contributed by atoms with E-state index in [1.807, 2.05) is 10.9 Å². The lowest BCUT2D eigenvalue weighted by Gasteiger charge is -2.22. The van der Waals surface area contributed by atoms with E-state index in [1.165, 1.54) is 19.4 Å². The molecule has 1 aliphatic rings. The second-order valence-corrected chi connectivity index (χ2v) is 3.81. The molecule has 0 unspecified atom stereocenters. The van der Waals surface area contributed by atoms with Crippen molar-refractivity contribution in [2.75, 3.05) is 20.2 Å². The summed E-state index contributed by atoms with van der Waals surface area (Å²) in [4.78, 5) is 0. The topological polar surface area (TPSA) is 39.1 Å². The van der Waals surface area contributed by atoms with Crippen molar-refractivity contribution in [1.82, 2.24) is 15.1 Å². The quantitative estimate of drug-likeness (QED) is 0.778. The van der Waals surface area contributed by atoms with Gasteiger partial charge < -0.3 is 10.1 Å². The zero-order valence-electron chi connectivity index (χ0n) is 8.57. The fraction of sp³-hybridized carbons (Fsp3) is 0.700. The summed E-state index contributed by atoms with van der Waals surface area (Å²) in [5.41, 5.74) is 0. The molecule has 1 saturated heterocycles. The van der Waals surface area contributed by atoms with Gasteiger partial charge in [-0.25, -0.2) is 0 Å². The summed E-state index contributed by atoms with van der Waals surface area (Å²) in [6, 6.07) is 0. The summed E-state index contributed by atoms with van der Waals surface area (Å²) in [6.07, 6.45) is 6.29. The summed E-state index contributed by atoms with van der Waals surface area (Å²) in [5, 5.41) is 7.65. The normalized spacial score (nSPS) is 22.2. The predicted octanol–water partition coefficient (Wildman–Crippen LogP) is 0.891. The lowest BCUT2D eigenvalue weighted by atomic mass is 10.00. The highest BCUT2D eigenvalue weighted by atomic mass is 16.5. The van der Waals surface area contributed by atoms with Gasteiger partial charge in [-0.05, 0) is 31.8 Å². The first-order chi connectivity index (χ1) is 6.88. The largest absolute Gasteiger partial charge is 0.493 e. The van der Waals surface area contributed by atoms with Crippen molar-refractivity contribution < 1.29 is 4.74 Å². The zero-order chi connectivity index (χ0) is 9.80. The minimum atomic E-state index is 0.716. The average Bonchev–Trinajstić information content (AvgIpc) is 2.67. The highest BCUT2D eigenvalue weighted by Crippen LogP contribution is 2.14. The van der Waals surface area contributed by atoms with Crippen LogP contribution in [0.1, 0.15) is 12.8 Å². The highest BCUT2D eigenvalue weighted by molar-refractivity contribution is 5.11. The van der Waals surface area contributed by atoms with Gasteiger partial charge in [-0.1, -0.05) is 0 Å². The van der Waals surface area contributed by atoms with Gasteiger partial charge in [-0.2, -0.15) is 5.10 Å². The molecule has 1 atom stereocenters. The van der Waals surface area contributed by atoms with E-state index in [4.69, 9.17) is 4.74 Å². The van der Waals surface area contributed by atoms with E-state index in [0.717, 1.165) is 18.8 Å². The number of methoxy groups -OCH3 is 1. The molecule has 4 nitrogen and oxygen atoms in total. The Balaban J connectivity index is 1.89. The van der Waals surface area contributed by atoms with E-state index in [2.05, 4.69) is 10.4 Å². The van der Waals surface area contributed by atoms with E-state index in [0.29, 0.717) is 5.92 Å². The minimum Gasteiger partial charge on any atom is -0.493 e. The maximum absolute atomic E-state index is 5.09. The van der Waals surface area contributed by atoms with Crippen molar-refractivity contribution in [2.24, 2.45) is 5.92 Å². The number of hydrogen-bond acceptors (Lipinski definition) is 3. The number of piperidine rings is 1. The summed E-state index contributed by atoms with van der Waals surface area (Å²) in [7, 11) is 1.67. The standard InChI is InChI=1S/C10H17N3O/c1-14-10-6-12-13(8-10)7-9-3-2-4-11-5-9/h6,8-9,11H,2-5,7H2,1H3/t9-/m0/s1. The highest BCUT2D eigenvalue weighted by Gasteiger charge is 2.13. The number of ether oxygens (including phenoxy) is 1. The molecule has 0 aromatic carbocycles. The molecule has 14 heavy (non-hydrogen) atoms. The molecular formula is C10H17N3O. The number of hydrogen-bond donors (Lipinski definition) is 1. The fourth-order valence-electron chi connectivity index (χ4n) is 1.89. The Hall–Kier alpha value is -1.03. The van der Waals surface area contributed by atoms with Crippen LogP contribution in [-0.2, 0) is 6.54 Å². The Morgan fingerprint density at radius 1 is 1.71 bits per heavy atom. The first-order valence-corrected chi connectivity index (χ1v) is 5.15. The molecule has 0 aliphatic carbocycles. The van der Waals surface area contributed by atoms with Crippen molar-refractivity contribution in [3.05, 3.63) is 12.4 Å². The van der Waals surface area contributed by atoms with Gasteiger partial charge >= 0.3 is 0 Å². The van der Waals surface area contributed by atoms with Gasteiger partial charge in [-0.15, -0.1) is 0 Å². The molecule has 1 fully saturated rings. The van der Waals surface area contributed by atoms with Gasteiger partial charge in [0, 0.05) is 6.54 Å². The molecule has 0 radical (unpaired) electrons. The molecule has 0 bridgehead atoms. The van der Waals surface area contributed by atoms with E-state index in [9.17, 15) is 0 Å². The maximum Gasteiger partial charge on any atom is 0.156 e. The molecule has 0 amide bonds. The fourth-order valence-corrected chi connectivity index (χ4v) is 1.89. The Morgan fingerprint density at radius 2 is 2.64 bits per heavy atom. The summed E-state index contributed by atoms with van der Waals surface area (Å²) >= 11 is 0. The van der Waals surface area contributed by atoms with E-state index in [-0.39, 0.29) is 0 Å². The molecule has 78 valence electrons. The van der Waals surface area contributed by atoms with Crippen molar-refractivity contribution in [1.29, 1.82) is 0 Å². The minimum absolute atomic E-state index is 0.716. The molecule has 1 N–H and O–H groups in total. The van der Waals surface area contributed by atoms with E-state index >= 15 is 0 Å². The molecule has 0 spiro atoms. The Kier molecular flexibility index (Phi) is 3.03. The SMILES string of the molecule is COc1cnn(C[C@H]2CCCNC2)c1. The van der Waals surface area contributed by atoms with Crippen molar-refractivity contribution in [3.8, 4) is 5.75 Å². The lowest BCUT2D eigenvalue weighted by molar-refractivity contribution is 0.324. The van der Waals surface area contributed by atoms with Gasteiger partial charge in [0.25, 0.3) is 0 Å². The lowest BCUT2D eigenvalue weighted by Crippen LogP contribution is -2.32. The van der Waals surface area contributed by atoms with Crippen molar-refractivity contribution >= 4 is 0 Å². The third-order valence-electron chi connectivity index (χ3n) is 2.69. The molecule has 1 aromatic rings. The first-order valence-electron chi connectivity index (χ1n) is 5.15. The monoisotopic (exact) mass is 195 g/mol. The number of aromatic nitrogens is 2. The van der Waals surface area contributed by atoms with Gasteiger partial charge in [0.1, 0.15) is 0 Å². The first kappa shape index (κ1) is 9.52. The molecule has 0 saturated carbocycles. The van der Waals surface area contributed by atoms with E-state index < -0.39 is 0 Å². The predicted molar refractivity (Wildman–Crippen MR) is 54.4 cm³/mol. The Morgan fingerprint density at radius 3 is 3.29 bits per heavy atom. The molecular weight excluding hydrogens is 178 g/mol. The molecule has 2 heterocycles. The summed E-state index contributed by atoms with van der Waals surface area (Å²) in [6.45, 7) is 3.28. The van der Waals surface area contributed by atoms with Gasteiger partial charge in [0.15, 0.2) is 5.75 Å². The van der Waals surface area contributed by atoms with Crippen LogP contribution in [0.25, 0.3) is 0 Å². The van der Waals surface area contributed by atoms with Crippen LogP contribution in [-0.4, -0.2) is 30.0 Å². The van der Waals surface area contributed by atoms with Crippen LogP contribution < -0.4 is 10.1 Å². The average molecular weight is 195 g/mol. The molecule has 4 heteroatoms. The van der Waals surface area contributed by atoms with Crippen molar-refractivity contribution in [2.45, 2.75) is 19.4 Å². The second kappa shape index (κ2) is 4.46. The summed E-state index contributed by atoms with van der Waals surface area (Å²) in [5.74, 6) is 1.56. The number of nitrogens with one attached hydrogen (secondary N) is 1. The Bertz CT molecular complexity index is 279. The zero-order valence-corrected chi connectivity index (χ0v) is 8.57. The Labute approximate surface area is 84.3 Å². The maximum atomic E-state index is 5.09. The smallest absolute Gasteiger partial charge is 0.156 e. The third kappa shape index (κ3) is 2.26. The summed E-state index contributed by atoms with van der Waals surface area (Å²) < 4.78 is 7.05. The van der Waals surface area contributed by atoms with Crippen LogP contribution in [0.4, 0.5) is 0 Å². The van der Waals surface area contributed by atoms with Crippen LogP contribution in [0.3, 0.4) is 0 Å². The van der Waals surface area contributed by atoms with Crippen LogP contribution in [0, 0.1) is 5.92 Å². The van der Waals surface area contributed by atoms with Crippen LogP contribution in [0.2, 0.25) is 0 Å². The molecule has 1 aliphatic heterocycles. The van der Waals surface area contributed by atoms with Gasteiger partial charge in [0.05, 0.1) is 19.5 Å². The van der Waals surface area contributed by atoms with Crippen LogP contribution >= 0.6 is 0 Å². The van der Waals surface area contributed by atoms with Gasteiger partial charge in [0.2, 0.25) is 0 Å². The van der Waals surface area contributed by atoms with Gasteiger partial charge in [-0.3, -0.25) is 4.68 Å². The third-order valence-corrected chi connectivity index (χ3v) is 2.69. The van der Waals surface area contributed by atoms with Crippen LogP contribution in [0.5, 0.6) is 5.75 Å². The second-order valence-electron chi connectivity index (χ2n) is 3.81. The van der Waals surface area contributed by atoms with Crippen molar-refractivity contribution in [3.63, 3.8) is 0 Å². The number of rotatable bonds is 3. The van der Waals surface area contributed by atoms with E-state index in [1.54, 1.807) is 13.3 Å². The molecule has 2 rings (SSSR count). The molecule has 1 aromatic heterocycles. The van der Waals surface area contributed by atoms with Crippen LogP contribution in [0.15, 0.2) is 12.4 Å².